The van der Waals surface area contributed by atoms with Crippen LogP contribution in [0.1, 0.15) is 27.6 Å². The number of primary amides is 1. The van der Waals surface area contributed by atoms with Gasteiger partial charge in [-0.25, -0.2) is 4.79 Å². The number of esters is 1. The summed E-state index contributed by atoms with van der Waals surface area (Å²) in [5, 5.41) is 11.7. The molecule has 0 spiro atoms. The lowest BCUT2D eigenvalue weighted by Crippen LogP contribution is -2.30. The Morgan fingerprint density at radius 3 is 2.08 bits per heavy atom. The Labute approximate surface area is 138 Å². The van der Waals surface area contributed by atoms with Crippen LogP contribution >= 0.6 is 0 Å². The van der Waals surface area contributed by atoms with E-state index in [0.717, 1.165) is 0 Å². The second kappa shape index (κ2) is 7.28. The molecule has 1 unspecified atom stereocenters. The standard InChI is InChI=1S/C17H16N2O5/c1-10(24-17(23)12-4-8-14(20)9-5-12)16(22)19-13-6-2-11(3-7-13)15(18)21/h2-10,20H,1H3,(H2,18,21)(H,19,22). The molecule has 2 rings (SSSR count). The van der Waals surface area contributed by atoms with E-state index < -0.39 is 23.9 Å². The SMILES string of the molecule is CC(OC(=O)c1ccc(O)cc1)C(=O)Nc1ccc(C(N)=O)cc1. The molecule has 0 saturated carbocycles. The lowest BCUT2D eigenvalue weighted by Gasteiger charge is -2.13. The molecule has 0 saturated heterocycles. The smallest absolute Gasteiger partial charge is 0.338 e. The third kappa shape index (κ3) is 4.33. The normalized spacial score (nSPS) is 11.4. The number of ether oxygens (including phenoxy) is 1. The van der Waals surface area contributed by atoms with Gasteiger partial charge in [0.2, 0.25) is 5.91 Å². The first-order chi connectivity index (χ1) is 11.4. The maximum atomic E-state index is 12.0. The Morgan fingerprint density at radius 1 is 1.00 bits per heavy atom. The molecule has 2 aromatic carbocycles. The van der Waals surface area contributed by atoms with Gasteiger partial charge >= 0.3 is 5.97 Å². The van der Waals surface area contributed by atoms with Gasteiger partial charge in [0.1, 0.15) is 5.75 Å². The summed E-state index contributed by atoms with van der Waals surface area (Å²) in [6, 6.07) is 11.5. The van der Waals surface area contributed by atoms with Crippen LogP contribution in [0.2, 0.25) is 0 Å². The Bertz CT molecular complexity index is 754. The number of phenols is 1. The molecule has 0 aliphatic carbocycles. The summed E-state index contributed by atoms with van der Waals surface area (Å²) in [5.74, 6) is -1.74. The van der Waals surface area contributed by atoms with Crippen LogP contribution in [0.15, 0.2) is 48.5 Å². The number of nitrogens with one attached hydrogen (secondary N) is 1. The van der Waals surface area contributed by atoms with Crippen LogP contribution in [0.5, 0.6) is 5.75 Å². The number of carbonyl (C=O) groups excluding carboxylic acids is 3. The van der Waals surface area contributed by atoms with Crippen molar-refractivity contribution in [2.45, 2.75) is 13.0 Å². The molecule has 7 nitrogen and oxygen atoms in total. The lowest BCUT2D eigenvalue weighted by molar-refractivity contribution is -0.123. The molecular weight excluding hydrogens is 312 g/mol. The summed E-state index contributed by atoms with van der Waals surface area (Å²) in [6.45, 7) is 1.44. The third-order valence-corrected chi connectivity index (χ3v) is 3.19. The highest BCUT2D eigenvalue weighted by Crippen LogP contribution is 2.13. The minimum atomic E-state index is -1.03. The van der Waals surface area contributed by atoms with Crippen molar-refractivity contribution in [3.63, 3.8) is 0 Å². The summed E-state index contributed by atoms with van der Waals surface area (Å²) in [4.78, 5) is 34.9. The molecule has 7 heteroatoms. The quantitative estimate of drug-likeness (QED) is 0.721. The molecule has 4 N–H and O–H groups in total. The van der Waals surface area contributed by atoms with E-state index in [9.17, 15) is 19.5 Å². The highest BCUT2D eigenvalue weighted by atomic mass is 16.5. The van der Waals surface area contributed by atoms with Crippen molar-refractivity contribution in [2.75, 3.05) is 5.32 Å². The molecule has 0 aromatic heterocycles. The van der Waals surface area contributed by atoms with E-state index in [2.05, 4.69) is 5.32 Å². The molecule has 1 atom stereocenters. The van der Waals surface area contributed by atoms with Crippen LogP contribution in [0.25, 0.3) is 0 Å². The Balaban J connectivity index is 1.95. The summed E-state index contributed by atoms with van der Waals surface area (Å²) < 4.78 is 5.07. The Morgan fingerprint density at radius 2 is 1.54 bits per heavy atom. The largest absolute Gasteiger partial charge is 0.508 e. The van der Waals surface area contributed by atoms with Gasteiger partial charge in [0.05, 0.1) is 5.56 Å². The summed E-state index contributed by atoms with van der Waals surface area (Å²) >= 11 is 0. The number of phenolic OH excluding ortho intramolecular Hbond substituents is 1. The fourth-order valence-corrected chi connectivity index (χ4v) is 1.84. The molecule has 0 aliphatic rings. The third-order valence-electron chi connectivity index (χ3n) is 3.19. The average Bonchev–Trinajstić information content (AvgIpc) is 2.55. The summed E-state index contributed by atoms with van der Waals surface area (Å²) in [7, 11) is 0. The van der Waals surface area contributed by atoms with Crippen molar-refractivity contribution in [1.82, 2.24) is 0 Å². The second-order valence-corrected chi connectivity index (χ2v) is 5.03. The highest BCUT2D eigenvalue weighted by molar-refractivity contribution is 5.98. The zero-order chi connectivity index (χ0) is 17.7. The van der Waals surface area contributed by atoms with Crippen molar-refractivity contribution in [2.24, 2.45) is 5.73 Å². The zero-order valence-electron chi connectivity index (χ0n) is 12.9. The number of nitrogens with two attached hydrogens (primary N) is 1. The summed E-state index contributed by atoms with van der Waals surface area (Å²) in [5.41, 5.74) is 6.12. The van der Waals surface area contributed by atoms with Crippen molar-refractivity contribution in [3.05, 3.63) is 59.7 Å². The van der Waals surface area contributed by atoms with E-state index in [4.69, 9.17) is 10.5 Å². The topological polar surface area (TPSA) is 119 Å². The van der Waals surface area contributed by atoms with Crippen LogP contribution < -0.4 is 11.1 Å². The first-order valence-corrected chi connectivity index (χ1v) is 7.07. The first-order valence-electron chi connectivity index (χ1n) is 7.07. The van der Waals surface area contributed by atoms with E-state index in [1.807, 2.05) is 0 Å². The molecule has 24 heavy (non-hydrogen) atoms. The molecular formula is C17H16N2O5. The fraction of sp³-hybridized carbons (Fsp3) is 0.118. The first kappa shape index (κ1) is 17.0. The predicted octanol–water partition coefficient (Wildman–Crippen LogP) is 1.68. The van der Waals surface area contributed by atoms with E-state index in [1.165, 1.54) is 55.5 Å². The number of aromatic hydroxyl groups is 1. The monoisotopic (exact) mass is 328 g/mol. The van der Waals surface area contributed by atoms with E-state index >= 15 is 0 Å². The number of amides is 2. The lowest BCUT2D eigenvalue weighted by atomic mass is 10.2. The van der Waals surface area contributed by atoms with Gasteiger partial charge in [-0.1, -0.05) is 0 Å². The second-order valence-electron chi connectivity index (χ2n) is 5.03. The number of hydrogen-bond donors (Lipinski definition) is 3. The van der Waals surface area contributed by atoms with Gasteiger partial charge in [-0.15, -0.1) is 0 Å². The molecule has 124 valence electrons. The van der Waals surface area contributed by atoms with Crippen LogP contribution in [0, 0.1) is 0 Å². The molecule has 0 radical (unpaired) electrons. The fourth-order valence-electron chi connectivity index (χ4n) is 1.84. The van der Waals surface area contributed by atoms with Crippen molar-refractivity contribution < 1.29 is 24.2 Å². The maximum Gasteiger partial charge on any atom is 0.338 e. The van der Waals surface area contributed by atoms with Crippen LogP contribution in [0.3, 0.4) is 0 Å². The van der Waals surface area contributed by atoms with Crippen LogP contribution in [-0.2, 0) is 9.53 Å². The highest BCUT2D eigenvalue weighted by Gasteiger charge is 2.19. The van der Waals surface area contributed by atoms with Crippen molar-refractivity contribution >= 4 is 23.5 Å². The van der Waals surface area contributed by atoms with Gasteiger partial charge in [-0.05, 0) is 55.5 Å². The van der Waals surface area contributed by atoms with Gasteiger partial charge < -0.3 is 20.9 Å². The number of benzene rings is 2. The Hall–Kier alpha value is -3.35. The van der Waals surface area contributed by atoms with Crippen molar-refractivity contribution in [3.8, 4) is 5.75 Å². The Kier molecular flexibility index (Phi) is 5.16. The van der Waals surface area contributed by atoms with Gasteiger partial charge in [-0.3, -0.25) is 9.59 Å². The van der Waals surface area contributed by atoms with Crippen LogP contribution in [-0.4, -0.2) is 29.0 Å². The van der Waals surface area contributed by atoms with Crippen LogP contribution in [0.4, 0.5) is 5.69 Å². The minimum Gasteiger partial charge on any atom is -0.508 e. The molecule has 0 fully saturated rings. The predicted molar refractivity (Wildman–Crippen MR) is 86.6 cm³/mol. The molecule has 0 bridgehead atoms. The maximum absolute atomic E-state index is 12.0. The molecule has 2 amide bonds. The van der Waals surface area contributed by atoms with Crippen molar-refractivity contribution in [1.29, 1.82) is 0 Å². The summed E-state index contributed by atoms with van der Waals surface area (Å²) in [6.07, 6.45) is -1.03. The molecule has 0 heterocycles. The van der Waals surface area contributed by atoms with Gasteiger partial charge in [0.25, 0.3) is 5.91 Å². The van der Waals surface area contributed by atoms with Gasteiger partial charge in [-0.2, -0.15) is 0 Å². The van der Waals surface area contributed by atoms with E-state index in [1.54, 1.807) is 0 Å². The van der Waals surface area contributed by atoms with E-state index in [0.29, 0.717) is 11.3 Å². The van der Waals surface area contributed by atoms with Gasteiger partial charge in [0, 0.05) is 11.3 Å². The minimum absolute atomic E-state index is 0.0248. The number of anilines is 1. The number of carbonyl (C=O) groups is 3. The number of rotatable bonds is 5. The molecule has 2 aromatic rings. The molecule has 0 aliphatic heterocycles. The zero-order valence-corrected chi connectivity index (χ0v) is 12.9. The number of hydrogen-bond acceptors (Lipinski definition) is 5. The van der Waals surface area contributed by atoms with Gasteiger partial charge in [0.15, 0.2) is 6.10 Å². The average molecular weight is 328 g/mol. The van der Waals surface area contributed by atoms with E-state index in [-0.39, 0.29) is 11.3 Å².